The van der Waals surface area contributed by atoms with E-state index >= 15 is 0 Å². The summed E-state index contributed by atoms with van der Waals surface area (Å²) in [6.45, 7) is 3.63. The number of hydrogen-bond donors (Lipinski definition) is 1. The van der Waals surface area contributed by atoms with Crippen molar-refractivity contribution < 1.29 is 9.90 Å². The predicted octanol–water partition coefficient (Wildman–Crippen LogP) is 2.67. The van der Waals surface area contributed by atoms with Gasteiger partial charge in [-0.2, -0.15) is 0 Å². The molecule has 3 nitrogen and oxygen atoms in total. The number of carboxylic acid groups (broad SMARTS) is 1. The molecule has 0 aliphatic carbocycles. The zero-order chi connectivity index (χ0) is 12.4. The van der Waals surface area contributed by atoms with Crippen LogP contribution < -0.4 is 0 Å². The third-order valence-electron chi connectivity index (χ3n) is 3.33. The Balaban J connectivity index is 2.13. The zero-order valence-electron chi connectivity index (χ0n) is 9.82. The van der Waals surface area contributed by atoms with Gasteiger partial charge in [0, 0.05) is 23.6 Å². The van der Waals surface area contributed by atoms with Crippen molar-refractivity contribution in [2.45, 2.75) is 32.4 Å². The molecule has 4 heteroatoms. The lowest BCUT2D eigenvalue weighted by molar-refractivity contribution is -0.137. The van der Waals surface area contributed by atoms with Gasteiger partial charge in [0.2, 0.25) is 0 Å². The molecule has 1 heterocycles. The zero-order valence-corrected chi connectivity index (χ0v) is 11.4. The second-order valence-electron chi connectivity index (χ2n) is 4.54. The van der Waals surface area contributed by atoms with Crippen LogP contribution in [-0.4, -0.2) is 28.6 Å². The number of rotatable bonds is 3. The number of carboxylic acids is 1. The Morgan fingerprint density at radius 1 is 1.59 bits per heavy atom. The number of halogens is 1. The maximum atomic E-state index is 10.6. The first-order valence-corrected chi connectivity index (χ1v) is 6.59. The van der Waals surface area contributed by atoms with E-state index in [1.54, 1.807) is 0 Å². The van der Waals surface area contributed by atoms with Crippen molar-refractivity contribution >= 4 is 21.9 Å². The van der Waals surface area contributed by atoms with E-state index < -0.39 is 5.97 Å². The Morgan fingerprint density at radius 2 is 2.35 bits per heavy atom. The SMILES string of the molecule is CC1Cc2c(Br)cccc2CN1CCC(=O)O. The van der Waals surface area contributed by atoms with Gasteiger partial charge < -0.3 is 5.11 Å². The minimum atomic E-state index is -0.725. The lowest BCUT2D eigenvalue weighted by Gasteiger charge is -2.35. The second kappa shape index (κ2) is 5.19. The topological polar surface area (TPSA) is 40.5 Å². The van der Waals surface area contributed by atoms with E-state index in [9.17, 15) is 4.79 Å². The van der Waals surface area contributed by atoms with Crippen LogP contribution in [0.3, 0.4) is 0 Å². The summed E-state index contributed by atoms with van der Waals surface area (Å²) in [6.07, 6.45) is 1.20. The average molecular weight is 298 g/mol. The standard InChI is InChI=1S/C13H16BrNO2/c1-9-7-11-10(3-2-4-12(11)14)8-15(9)6-5-13(16)17/h2-4,9H,5-8H2,1H3,(H,16,17). The van der Waals surface area contributed by atoms with Crippen molar-refractivity contribution in [3.63, 3.8) is 0 Å². The van der Waals surface area contributed by atoms with Crippen LogP contribution in [0.5, 0.6) is 0 Å². The van der Waals surface area contributed by atoms with Gasteiger partial charge in [-0.15, -0.1) is 0 Å². The molecule has 2 rings (SSSR count). The first-order valence-electron chi connectivity index (χ1n) is 5.80. The summed E-state index contributed by atoms with van der Waals surface area (Å²) in [5.41, 5.74) is 2.68. The van der Waals surface area contributed by atoms with E-state index in [4.69, 9.17) is 5.11 Å². The van der Waals surface area contributed by atoms with E-state index in [2.05, 4.69) is 39.9 Å². The van der Waals surface area contributed by atoms with Crippen LogP contribution in [0.4, 0.5) is 0 Å². The van der Waals surface area contributed by atoms with Crippen LogP contribution in [0, 0.1) is 0 Å². The van der Waals surface area contributed by atoms with E-state index in [-0.39, 0.29) is 6.42 Å². The molecule has 1 N–H and O–H groups in total. The summed E-state index contributed by atoms with van der Waals surface area (Å²) < 4.78 is 1.17. The third-order valence-corrected chi connectivity index (χ3v) is 4.07. The highest BCUT2D eigenvalue weighted by atomic mass is 79.9. The van der Waals surface area contributed by atoms with Crippen molar-refractivity contribution in [3.05, 3.63) is 33.8 Å². The van der Waals surface area contributed by atoms with E-state index in [1.807, 2.05) is 6.07 Å². The van der Waals surface area contributed by atoms with Gasteiger partial charge >= 0.3 is 5.97 Å². The Morgan fingerprint density at radius 3 is 3.06 bits per heavy atom. The molecule has 0 spiro atoms. The van der Waals surface area contributed by atoms with Crippen LogP contribution in [0.2, 0.25) is 0 Å². The molecular formula is C13H16BrNO2. The first-order chi connectivity index (χ1) is 8.08. The number of hydrogen-bond acceptors (Lipinski definition) is 2. The first kappa shape index (κ1) is 12.6. The van der Waals surface area contributed by atoms with Crippen molar-refractivity contribution in [2.75, 3.05) is 6.54 Å². The van der Waals surface area contributed by atoms with Crippen LogP contribution >= 0.6 is 15.9 Å². The highest BCUT2D eigenvalue weighted by Gasteiger charge is 2.24. The lowest BCUT2D eigenvalue weighted by Crippen LogP contribution is -2.39. The van der Waals surface area contributed by atoms with E-state index in [0.29, 0.717) is 12.6 Å². The van der Waals surface area contributed by atoms with Crippen LogP contribution in [0.25, 0.3) is 0 Å². The molecule has 92 valence electrons. The molecule has 0 saturated carbocycles. The fraction of sp³-hybridized carbons (Fsp3) is 0.462. The van der Waals surface area contributed by atoms with Gasteiger partial charge in [-0.3, -0.25) is 9.69 Å². The highest BCUT2D eigenvalue weighted by Crippen LogP contribution is 2.29. The third kappa shape index (κ3) is 2.87. The largest absolute Gasteiger partial charge is 0.481 e. The normalized spacial score (nSPS) is 20.0. The molecule has 1 atom stereocenters. The number of nitrogens with zero attached hydrogens (tertiary/aromatic N) is 1. The quantitative estimate of drug-likeness (QED) is 0.932. The molecule has 1 aromatic rings. The fourth-order valence-electron chi connectivity index (χ4n) is 2.32. The van der Waals surface area contributed by atoms with Gasteiger partial charge in [0.25, 0.3) is 0 Å². The van der Waals surface area contributed by atoms with Crippen molar-refractivity contribution in [3.8, 4) is 0 Å². The summed E-state index contributed by atoms with van der Waals surface area (Å²) in [7, 11) is 0. The minimum absolute atomic E-state index is 0.216. The Hall–Kier alpha value is -0.870. The Bertz CT molecular complexity index is 433. The molecule has 1 unspecified atom stereocenters. The maximum Gasteiger partial charge on any atom is 0.304 e. The summed E-state index contributed by atoms with van der Waals surface area (Å²) in [4.78, 5) is 12.9. The summed E-state index contributed by atoms with van der Waals surface area (Å²) in [5, 5.41) is 8.74. The molecule has 17 heavy (non-hydrogen) atoms. The molecule has 1 aliphatic rings. The van der Waals surface area contributed by atoms with Gasteiger partial charge in [0.05, 0.1) is 6.42 Å². The molecular weight excluding hydrogens is 282 g/mol. The highest BCUT2D eigenvalue weighted by molar-refractivity contribution is 9.10. The lowest BCUT2D eigenvalue weighted by atomic mass is 9.95. The number of benzene rings is 1. The van der Waals surface area contributed by atoms with Crippen LogP contribution in [0.1, 0.15) is 24.5 Å². The van der Waals surface area contributed by atoms with Gasteiger partial charge in [0.15, 0.2) is 0 Å². The van der Waals surface area contributed by atoms with Crippen LogP contribution in [-0.2, 0) is 17.8 Å². The smallest absolute Gasteiger partial charge is 0.304 e. The molecule has 1 aliphatic heterocycles. The van der Waals surface area contributed by atoms with Crippen molar-refractivity contribution in [1.82, 2.24) is 4.90 Å². The summed E-state index contributed by atoms with van der Waals surface area (Å²) >= 11 is 3.58. The van der Waals surface area contributed by atoms with Gasteiger partial charge in [-0.1, -0.05) is 28.1 Å². The fourth-order valence-corrected chi connectivity index (χ4v) is 2.89. The average Bonchev–Trinajstić information content (AvgIpc) is 2.28. The molecule has 0 radical (unpaired) electrons. The monoisotopic (exact) mass is 297 g/mol. The van der Waals surface area contributed by atoms with Crippen molar-refractivity contribution in [2.24, 2.45) is 0 Å². The molecule has 0 aromatic heterocycles. The van der Waals surface area contributed by atoms with Crippen molar-refractivity contribution in [1.29, 1.82) is 0 Å². The van der Waals surface area contributed by atoms with Gasteiger partial charge in [0.1, 0.15) is 0 Å². The molecule has 0 saturated heterocycles. The maximum absolute atomic E-state index is 10.6. The van der Waals surface area contributed by atoms with Gasteiger partial charge in [-0.25, -0.2) is 0 Å². The second-order valence-corrected chi connectivity index (χ2v) is 5.40. The summed E-state index contributed by atoms with van der Waals surface area (Å²) in [6, 6.07) is 6.63. The molecule has 0 bridgehead atoms. The number of fused-ring (bicyclic) bond motifs is 1. The number of aliphatic carboxylic acids is 1. The predicted molar refractivity (Wildman–Crippen MR) is 70.0 cm³/mol. The van der Waals surface area contributed by atoms with Crippen LogP contribution in [0.15, 0.2) is 22.7 Å². The number of carbonyl (C=O) groups is 1. The Labute approximate surface area is 110 Å². The molecule has 0 amide bonds. The van der Waals surface area contributed by atoms with Gasteiger partial charge in [-0.05, 0) is 30.5 Å². The molecule has 1 aromatic carbocycles. The van der Waals surface area contributed by atoms with E-state index in [0.717, 1.165) is 13.0 Å². The Kier molecular flexibility index (Phi) is 3.84. The minimum Gasteiger partial charge on any atom is -0.481 e. The summed E-state index contributed by atoms with van der Waals surface area (Å²) in [5.74, 6) is -0.725. The molecule has 0 fully saturated rings. The van der Waals surface area contributed by atoms with E-state index in [1.165, 1.54) is 15.6 Å².